The SMILES string of the molecule is CN(C)S(=O)(=O)N1CCC(Oc2ncc(Br)cn2)CC1. The lowest BCUT2D eigenvalue weighted by molar-refractivity contribution is 0.122. The highest BCUT2D eigenvalue weighted by Gasteiger charge is 2.30. The van der Waals surface area contributed by atoms with Crippen molar-refractivity contribution in [2.24, 2.45) is 0 Å². The van der Waals surface area contributed by atoms with Gasteiger partial charge in [-0.3, -0.25) is 0 Å². The van der Waals surface area contributed by atoms with E-state index in [4.69, 9.17) is 4.74 Å². The zero-order valence-corrected chi connectivity index (χ0v) is 13.8. The minimum atomic E-state index is -3.33. The second-order valence-electron chi connectivity index (χ2n) is 4.69. The molecule has 1 aliphatic heterocycles. The van der Waals surface area contributed by atoms with E-state index in [-0.39, 0.29) is 6.10 Å². The Kier molecular flexibility index (Phi) is 4.95. The number of hydrogen-bond acceptors (Lipinski definition) is 5. The van der Waals surface area contributed by atoms with E-state index in [9.17, 15) is 8.42 Å². The molecule has 0 bridgehead atoms. The summed E-state index contributed by atoms with van der Waals surface area (Å²) < 4.78 is 33.1. The monoisotopic (exact) mass is 364 g/mol. The fourth-order valence-electron chi connectivity index (χ4n) is 1.92. The average molecular weight is 365 g/mol. The van der Waals surface area contributed by atoms with Crippen LogP contribution in [0.3, 0.4) is 0 Å². The first-order valence-corrected chi connectivity index (χ1v) is 8.40. The molecule has 1 aliphatic rings. The summed E-state index contributed by atoms with van der Waals surface area (Å²) in [5, 5.41) is 0. The van der Waals surface area contributed by atoms with E-state index in [0.717, 1.165) is 4.47 Å². The van der Waals surface area contributed by atoms with Crippen LogP contribution in [-0.2, 0) is 10.2 Å². The van der Waals surface area contributed by atoms with E-state index in [1.807, 2.05) is 0 Å². The molecule has 0 radical (unpaired) electrons. The van der Waals surface area contributed by atoms with Crippen LogP contribution in [0.4, 0.5) is 0 Å². The zero-order chi connectivity index (χ0) is 14.8. The van der Waals surface area contributed by atoms with Gasteiger partial charge in [-0.1, -0.05) is 0 Å². The summed E-state index contributed by atoms with van der Waals surface area (Å²) in [4.78, 5) is 8.10. The Labute approximate surface area is 127 Å². The largest absolute Gasteiger partial charge is 0.460 e. The van der Waals surface area contributed by atoms with Gasteiger partial charge in [-0.25, -0.2) is 9.97 Å². The first kappa shape index (κ1) is 15.6. The summed E-state index contributed by atoms with van der Waals surface area (Å²) >= 11 is 3.26. The fourth-order valence-corrected chi connectivity index (χ4v) is 3.26. The third kappa shape index (κ3) is 3.66. The van der Waals surface area contributed by atoms with E-state index < -0.39 is 10.2 Å². The Morgan fingerprint density at radius 3 is 2.35 bits per heavy atom. The van der Waals surface area contributed by atoms with Gasteiger partial charge in [-0.05, 0) is 28.8 Å². The van der Waals surface area contributed by atoms with Crippen molar-refractivity contribution >= 4 is 26.1 Å². The molecule has 2 heterocycles. The van der Waals surface area contributed by atoms with Gasteiger partial charge in [0.1, 0.15) is 6.10 Å². The van der Waals surface area contributed by atoms with Crippen LogP contribution >= 0.6 is 15.9 Å². The second kappa shape index (κ2) is 6.33. The molecule has 1 aromatic rings. The lowest BCUT2D eigenvalue weighted by Crippen LogP contribution is -2.46. The van der Waals surface area contributed by atoms with E-state index >= 15 is 0 Å². The molecule has 7 nitrogen and oxygen atoms in total. The maximum absolute atomic E-state index is 12.0. The topological polar surface area (TPSA) is 75.6 Å². The number of ether oxygens (including phenoxy) is 1. The highest BCUT2D eigenvalue weighted by molar-refractivity contribution is 9.10. The molecular weight excluding hydrogens is 348 g/mol. The van der Waals surface area contributed by atoms with Crippen LogP contribution in [0.1, 0.15) is 12.8 Å². The van der Waals surface area contributed by atoms with Gasteiger partial charge in [-0.15, -0.1) is 0 Å². The molecule has 0 N–H and O–H groups in total. The summed E-state index contributed by atoms with van der Waals surface area (Å²) in [6, 6.07) is 0.321. The predicted octanol–water partition coefficient (Wildman–Crippen LogP) is 0.889. The Hall–Kier alpha value is -0.770. The molecule has 1 saturated heterocycles. The van der Waals surface area contributed by atoms with Crippen LogP contribution in [0.15, 0.2) is 16.9 Å². The Bertz CT molecular complexity index is 541. The molecule has 0 spiro atoms. The molecule has 20 heavy (non-hydrogen) atoms. The average Bonchev–Trinajstić information content (AvgIpc) is 2.42. The highest BCUT2D eigenvalue weighted by atomic mass is 79.9. The molecule has 2 rings (SSSR count). The molecular formula is C11H17BrN4O3S. The predicted molar refractivity (Wildman–Crippen MR) is 77.6 cm³/mol. The van der Waals surface area contributed by atoms with Crippen molar-refractivity contribution in [1.29, 1.82) is 0 Å². The molecule has 0 saturated carbocycles. The summed E-state index contributed by atoms with van der Waals surface area (Å²) in [5.41, 5.74) is 0. The smallest absolute Gasteiger partial charge is 0.316 e. The molecule has 0 aromatic carbocycles. The third-order valence-corrected chi connectivity index (χ3v) is 5.41. The van der Waals surface area contributed by atoms with Crippen LogP contribution in [0.5, 0.6) is 6.01 Å². The lowest BCUT2D eigenvalue weighted by atomic mass is 10.1. The van der Waals surface area contributed by atoms with Gasteiger partial charge in [0, 0.05) is 39.6 Å². The molecule has 0 aliphatic carbocycles. The molecule has 0 amide bonds. The number of halogens is 1. The number of rotatable bonds is 4. The minimum Gasteiger partial charge on any atom is -0.460 e. The van der Waals surface area contributed by atoms with Gasteiger partial charge in [0.25, 0.3) is 10.2 Å². The quantitative estimate of drug-likeness (QED) is 0.792. The van der Waals surface area contributed by atoms with Crippen molar-refractivity contribution in [2.45, 2.75) is 18.9 Å². The zero-order valence-electron chi connectivity index (χ0n) is 11.4. The second-order valence-corrected chi connectivity index (χ2v) is 7.75. The van der Waals surface area contributed by atoms with Crippen LogP contribution in [0, 0.1) is 0 Å². The van der Waals surface area contributed by atoms with Crippen LogP contribution in [0.25, 0.3) is 0 Å². The van der Waals surface area contributed by atoms with Crippen molar-refractivity contribution in [3.8, 4) is 6.01 Å². The highest BCUT2D eigenvalue weighted by Crippen LogP contribution is 2.19. The Morgan fingerprint density at radius 1 is 1.30 bits per heavy atom. The van der Waals surface area contributed by atoms with E-state index in [2.05, 4.69) is 25.9 Å². The number of hydrogen-bond donors (Lipinski definition) is 0. The Morgan fingerprint density at radius 2 is 1.85 bits per heavy atom. The Balaban J connectivity index is 1.90. The molecule has 1 aromatic heterocycles. The van der Waals surface area contributed by atoms with Crippen LogP contribution in [-0.4, -0.2) is 60.3 Å². The maximum atomic E-state index is 12.0. The van der Waals surface area contributed by atoms with Gasteiger partial charge >= 0.3 is 6.01 Å². The molecule has 9 heteroatoms. The lowest BCUT2D eigenvalue weighted by Gasteiger charge is -2.32. The summed E-state index contributed by atoms with van der Waals surface area (Å²) in [5.74, 6) is 0. The molecule has 112 valence electrons. The van der Waals surface area contributed by atoms with Gasteiger partial charge in [0.15, 0.2) is 0 Å². The van der Waals surface area contributed by atoms with Gasteiger partial charge in [0.05, 0.1) is 4.47 Å². The first-order chi connectivity index (χ1) is 9.39. The number of nitrogens with zero attached hydrogens (tertiary/aromatic N) is 4. The van der Waals surface area contributed by atoms with Gasteiger partial charge < -0.3 is 4.74 Å². The molecule has 0 unspecified atom stereocenters. The van der Waals surface area contributed by atoms with Crippen molar-refractivity contribution in [3.63, 3.8) is 0 Å². The fraction of sp³-hybridized carbons (Fsp3) is 0.636. The third-order valence-electron chi connectivity index (χ3n) is 3.06. The van der Waals surface area contributed by atoms with E-state index in [1.165, 1.54) is 22.7 Å². The maximum Gasteiger partial charge on any atom is 0.316 e. The van der Waals surface area contributed by atoms with Crippen molar-refractivity contribution in [3.05, 3.63) is 16.9 Å². The number of aromatic nitrogens is 2. The van der Waals surface area contributed by atoms with Crippen molar-refractivity contribution in [1.82, 2.24) is 18.6 Å². The van der Waals surface area contributed by atoms with E-state index in [0.29, 0.717) is 31.9 Å². The summed E-state index contributed by atoms with van der Waals surface area (Å²) in [6.45, 7) is 0.892. The normalized spacial score (nSPS) is 18.4. The van der Waals surface area contributed by atoms with Crippen molar-refractivity contribution < 1.29 is 13.2 Å². The summed E-state index contributed by atoms with van der Waals surface area (Å²) in [7, 11) is -0.258. The van der Waals surface area contributed by atoms with Gasteiger partial charge in [-0.2, -0.15) is 17.0 Å². The molecule has 1 fully saturated rings. The van der Waals surface area contributed by atoms with Crippen LogP contribution in [0.2, 0.25) is 0 Å². The standard InChI is InChI=1S/C11H17BrN4O3S/c1-15(2)20(17,18)16-5-3-10(4-6-16)19-11-13-7-9(12)8-14-11/h7-8,10H,3-6H2,1-2H3. The number of piperidine rings is 1. The first-order valence-electron chi connectivity index (χ1n) is 6.21. The van der Waals surface area contributed by atoms with Crippen LogP contribution < -0.4 is 4.74 Å². The van der Waals surface area contributed by atoms with Gasteiger partial charge in [0.2, 0.25) is 0 Å². The van der Waals surface area contributed by atoms with E-state index in [1.54, 1.807) is 12.4 Å². The summed E-state index contributed by atoms with van der Waals surface area (Å²) in [6.07, 6.45) is 4.45. The minimum absolute atomic E-state index is 0.0511. The molecule has 0 atom stereocenters. The van der Waals surface area contributed by atoms with Crippen molar-refractivity contribution in [2.75, 3.05) is 27.2 Å².